The highest BCUT2D eigenvalue weighted by molar-refractivity contribution is 6.30. The van der Waals surface area contributed by atoms with E-state index in [9.17, 15) is 13.9 Å². The fourth-order valence-electron chi connectivity index (χ4n) is 4.17. The quantitative estimate of drug-likeness (QED) is 0.572. The number of benzene rings is 1. The van der Waals surface area contributed by atoms with Gasteiger partial charge in [-0.05, 0) is 60.7 Å². The summed E-state index contributed by atoms with van der Waals surface area (Å²) in [6.45, 7) is 8.97. The molecule has 0 amide bonds. The van der Waals surface area contributed by atoms with E-state index in [0.717, 1.165) is 29.7 Å². The monoisotopic (exact) mass is 468 g/mol. The molecular formula is C25H35ClF2N2O2. The number of ether oxygens (including phenoxy) is 1. The van der Waals surface area contributed by atoms with Crippen molar-refractivity contribution in [2.45, 2.75) is 64.4 Å². The number of hydrogen-bond acceptors (Lipinski definition) is 4. The van der Waals surface area contributed by atoms with Gasteiger partial charge in [0.15, 0.2) is 0 Å². The van der Waals surface area contributed by atoms with E-state index in [1.165, 1.54) is 0 Å². The van der Waals surface area contributed by atoms with Crippen LogP contribution in [-0.2, 0) is 11.8 Å². The second-order valence-electron chi connectivity index (χ2n) is 8.62. The molecular weight excluding hydrogens is 434 g/mol. The minimum absolute atomic E-state index is 0.141. The van der Waals surface area contributed by atoms with Crippen LogP contribution in [0.5, 0.6) is 5.75 Å². The van der Waals surface area contributed by atoms with Crippen LogP contribution in [0.15, 0.2) is 41.6 Å². The Morgan fingerprint density at radius 1 is 1.25 bits per heavy atom. The van der Waals surface area contributed by atoms with E-state index in [-0.39, 0.29) is 13.0 Å². The van der Waals surface area contributed by atoms with Crippen molar-refractivity contribution in [3.8, 4) is 5.75 Å². The Kier molecular flexibility index (Phi) is 9.71. The first-order valence-electron chi connectivity index (χ1n) is 11.2. The van der Waals surface area contributed by atoms with E-state index in [0.29, 0.717) is 24.7 Å². The van der Waals surface area contributed by atoms with Crippen LogP contribution in [0.3, 0.4) is 0 Å². The largest absolute Gasteiger partial charge is 0.493 e. The number of nitrogens with zero attached hydrogens (tertiary/aromatic N) is 2. The van der Waals surface area contributed by atoms with Gasteiger partial charge >= 0.3 is 0 Å². The molecule has 1 unspecified atom stereocenters. The molecule has 2 aliphatic heterocycles. The number of allylic oxidation sites excluding steroid dienone is 1. The number of alkyl halides is 2. The van der Waals surface area contributed by atoms with E-state index < -0.39 is 17.4 Å². The molecule has 1 N–H and O–H groups in total. The van der Waals surface area contributed by atoms with Crippen molar-refractivity contribution in [1.82, 2.24) is 4.90 Å². The molecule has 1 aromatic carbocycles. The Balaban J connectivity index is 0.00000176. The lowest BCUT2D eigenvalue weighted by molar-refractivity contribution is -0.120. The Morgan fingerprint density at radius 2 is 2.00 bits per heavy atom. The number of aliphatic hydroxyl groups is 1. The summed E-state index contributed by atoms with van der Waals surface area (Å²) in [6, 6.07) is 3.65. The van der Waals surface area contributed by atoms with Gasteiger partial charge in [-0.15, -0.1) is 0 Å². The molecule has 0 radical (unpaired) electrons. The number of halogens is 3. The third-order valence-corrected chi connectivity index (χ3v) is 5.74. The lowest BCUT2D eigenvalue weighted by atomic mass is 9.74. The molecule has 2 aliphatic rings. The summed E-state index contributed by atoms with van der Waals surface area (Å²) in [5, 5.41) is 11.6. The van der Waals surface area contributed by atoms with Crippen LogP contribution in [0, 0.1) is 0 Å². The van der Waals surface area contributed by atoms with Crippen LogP contribution in [-0.4, -0.2) is 54.5 Å². The maximum absolute atomic E-state index is 14.2. The third-order valence-electron chi connectivity index (χ3n) is 5.52. The average molecular weight is 469 g/mol. The minimum Gasteiger partial charge on any atom is -0.493 e. The Morgan fingerprint density at radius 3 is 2.72 bits per heavy atom. The smallest absolute Gasteiger partial charge is 0.268 e. The maximum atomic E-state index is 14.2. The molecule has 0 spiro atoms. The molecule has 0 aliphatic carbocycles. The molecule has 178 valence electrons. The maximum Gasteiger partial charge on any atom is 0.268 e. The van der Waals surface area contributed by atoms with Gasteiger partial charge in [-0.25, -0.2) is 8.78 Å². The van der Waals surface area contributed by atoms with E-state index in [4.69, 9.17) is 16.3 Å². The highest BCUT2D eigenvalue weighted by atomic mass is 35.5. The number of aryl methyl sites for hydroxylation is 1. The lowest BCUT2D eigenvalue weighted by Crippen LogP contribution is -2.50. The summed E-state index contributed by atoms with van der Waals surface area (Å²) in [7, 11) is 0. The fraction of sp³-hybridized carbons (Fsp3) is 0.560. The first-order chi connectivity index (χ1) is 15.2. The first kappa shape index (κ1) is 26.3. The molecule has 2 heterocycles. The summed E-state index contributed by atoms with van der Waals surface area (Å²) in [4.78, 5) is 5.83. The van der Waals surface area contributed by atoms with Crippen molar-refractivity contribution in [3.63, 3.8) is 0 Å². The van der Waals surface area contributed by atoms with Crippen LogP contribution < -0.4 is 4.74 Å². The fourth-order valence-corrected chi connectivity index (χ4v) is 4.41. The SMILES string of the molecule is CC.CC(C)(CC(O)(CN1/C=C\CN=C/C=C\C1)C(F)F)c1cc(Cl)cc2c1OCCC2. The van der Waals surface area contributed by atoms with Gasteiger partial charge in [-0.2, -0.15) is 0 Å². The van der Waals surface area contributed by atoms with Crippen LogP contribution in [0.1, 0.15) is 51.7 Å². The highest BCUT2D eigenvalue weighted by Crippen LogP contribution is 2.44. The summed E-state index contributed by atoms with van der Waals surface area (Å²) >= 11 is 6.32. The molecule has 1 atom stereocenters. The van der Waals surface area contributed by atoms with Crippen molar-refractivity contribution in [1.29, 1.82) is 0 Å². The van der Waals surface area contributed by atoms with Gasteiger partial charge in [0.25, 0.3) is 6.43 Å². The van der Waals surface area contributed by atoms with Crippen LogP contribution in [0.25, 0.3) is 0 Å². The number of hydrogen-bond donors (Lipinski definition) is 1. The topological polar surface area (TPSA) is 45.1 Å². The Hall–Kier alpha value is -1.92. The van der Waals surface area contributed by atoms with E-state index in [2.05, 4.69) is 4.99 Å². The van der Waals surface area contributed by atoms with Crippen molar-refractivity contribution in [3.05, 3.63) is 52.7 Å². The molecule has 0 bridgehead atoms. The minimum atomic E-state index is -2.91. The van der Waals surface area contributed by atoms with Gasteiger partial charge in [0.2, 0.25) is 0 Å². The van der Waals surface area contributed by atoms with E-state index in [1.807, 2.05) is 39.8 Å². The zero-order chi connectivity index (χ0) is 23.8. The average Bonchev–Trinajstić information content (AvgIpc) is 2.88. The molecule has 0 fully saturated rings. The third kappa shape index (κ3) is 6.79. The lowest BCUT2D eigenvalue weighted by Gasteiger charge is -2.40. The normalized spacial score (nSPS) is 20.0. The molecule has 7 heteroatoms. The van der Waals surface area contributed by atoms with Crippen molar-refractivity contribution < 1.29 is 18.6 Å². The molecule has 0 aromatic heterocycles. The summed E-state index contributed by atoms with van der Waals surface area (Å²) < 4.78 is 34.2. The van der Waals surface area contributed by atoms with Crippen molar-refractivity contribution >= 4 is 17.8 Å². The number of β-amino-alcohol motifs (C(OH)–C–C–N with tert-alkyl or cyclic N) is 1. The number of fused-ring (bicyclic) bond motifs is 1. The Labute approximate surface area is 195 Å². The van der Waals surface area contributed by atoms with E-state index >= 15 is 0 Å². The predicted molar refractivity (Wildman–Crippen MR) is 128 cm³/mol. The van der Waals surface area contributed by atoms with Gasteiger partial charge in [-0.1, -0.05) is 45.4 Å². The zero-order valence-corrected chi connectivity index (χ0v) is 20.2. The van der Waals surface area contributed by atoms with Gasteiger partial charge < -0.3 is 14.7 Å². The highest BCUT2D eigenvalue weighted by Gasteiger charge is 2.45. The van der Waals surface area contributed by atoms with Gasteiger partial charge in [-0.3, -0.25) is 4.99 Å². The molecule has 0 saturated carbocycles. The molecule has 4 nitrogen and oxygen atoms in total. The molecule has 32 heavy (non-hydrogen) atoms. The van der Waals surface area contributed by atoms with Crippen LogP contribution in [0.4, 0.5) is 8.78 Å². The van der Waals surface area contributed by atoms with Gasteiger partial charge in [0.05, 0.1) is 19.7 Å². The first-order valence-corrected chi connectivity index (χ1v) is 11.6. The standard InChI is InChI=1S/C23H29ClF2N2O2.C2H6/c1-22(2,19-14-18(24)13-17-7-5-12-30-20(17)19)15-23(29,21(25)26)16-28-10-4-3-8-27-9-6-11-28;1-2/h3-4,6,8,11,13-14,21,29H,5,7,9-10,12,15-16H2,1-2H3;1-2H3/b4-3-,11-6-,27-8?;. The summed E-state index contributed by atoms with van der Waals surface area (Å²) in [5.41, 5.74) is -1.23. The summed E-state index contributed by atoms with van der Waals surface area (Å²) in [6.07, 6.45) is 7.49. The van der Waals surface area contributed by atoms with Gasteiger partial charge in [0.1, 0.15) is 11.4 Å². The van der Waals surface area contributed by atoms with Crippen LogP contribution in [0.2, 0.25) is 5.02 Å². The van der Waals surface area contributed by atoms with Crippen molar-refractivity contribution in [2.24, 2.45) is 4.99 Å². The zero-order valence-electron chi connectivity index (χ0n) is 19.5. The van der Waals surface area contributed by atoms with Crippen molar-refractivity contribution in [2.75, 3.05) is 26.2 Å². The van der Waals surface area contributed by atoms with Crippen LogP contribution >= 0.6 is 11.6 Å². The predicted octanol–water partition coefficient (Wildman–Crippen LogP) is 5.81. The van der Waals surface area contributed by atoms with E-state index in [1.54, 1.807) is 35.5 Å². The molecule has 1 aromatic rings. The number of rotatable bonds is 6. The second kappa shape index (κ2) is 11.8. The Bertz CT molecular complexity index is 839. The number of aliphatic imine (C=N–C) groups is 1. The summed E-state index contributed by atoms with van der Waals surface area (Å²) in [5.74, 6) is 0.718. The molecule has 3 rings (SSSR count). The molecule has 0 saturated heterocycles. The van der Waals surface area contributed by atoms with Gasteiger partial charge in [0, 0.05) is 23.3 Å². The second-order valence-corrected chi connectivity index (χ2v) is 9.05.